The lowest BCUT2D eigenvalue weighted by Crippen LogP contribution is -2.55. The maximum Gasteiger partial charge on any atom is 0.243 e. The fourth-order valence-corrected chi connectivity index (χ4v) is 4.62. The van der Waals surface area contributed by atoms with Crippen LogP contribution in [0.15, 0.2) is 48.5 Å². The van der Waals surface area contributed by atoms with Crippen LogP contribution in [0.25, 0.3) is 0 Å². The van der Waals surface area contributed by atoms with Crippen LogP contribution >= 0.6 is 0 Å². The molecule has 3 rings (SSSR count). The van der Waals surface area contributed by atoms with Gasteiger partial charge in [-0.1, -0.05) is 36.4 Å². The number of fused-ring (bicyclic) bond motifs is 2. The lowest BCUT2D eigenvalue weighted by Gasteiger charge is -2.27. The zero-order valence-corrected chi connectivity index (χ0v) is 25.5. The van der Waals surface area contributed by atoms with Gasteiger partial charge in [-0.05, 0) is 88.1 Å². The summed E-state index contributed by atoms with van der Waals surface area (Å²) in [5.74, 6) is -0.787. The number of benzene rings is 2. The van der Waals surface area contributed by atoms with Gasteiger partial charge in [-0.2, -0.15) is 0 Å². The fraction of sp³-hybridized carbons (Fsp3) is 0.515. The van der Waals surface area contributed by atoms with Crippen molar-refractivity contribution in [1.82, 2.24) is 21.3 Å². The maximum absolute atomic E-state index is 13.6. The second-order valence-electron chi connectivity index (χ2n) is 11.8. The molecule has 0 spiro atoms. The summed E-state index contributed by atoms with van der Waals surface area (Å²) in [7, 11) is 0. The molecule has 234 valence electrons. The Balaban J connectivity index is 1.84. The highest BCUT2D eigenvalue weighted by molar-refractivity contribution is 5.93. The monoisotopic (exact) mass is 594 g/mol. The molecule has 0 radical (unpaired) electrons. The SMILES string of the molecule is Cc1ccc2cc1CNC(=O)[C@H](CCc1ccccc1)NC(=O)[C@@H](NC(=O)C(C)(C)CO)CCCC(=O)NCCCCO2. The summed E-state index contributed by atoms with van der Waals surface area (Å²) in [4.78, 5) is 52.5. The van der Waals surface area contributed by atoms with Crippen LogP contribution in [0.5, 0.6) is 5.75 Å². The molecule has 10 nitrogen and oxygen atoms in total. The Bertz CT molecular complexity index is 1230. The second-order valence-corrected chi connectivity index (χ2v) is 11.8. The molecule has 4 amide bonds. The third kappa shape index (κ3) is 11.0. The van der Waals surface area contributed by atoms with Crippen LogP contribution in [0, 0.1) is 12.3 Å². The molecule has 10 heteroatoms. The number of amides is 4. The first kappa shape index (κ1) is 33.6. The molecule has 2 atom stereocenters. The number of aliphatic hydroxyl groups excluding tert-OH is 1. The van der Waals surface area contributed by atoms with E-state index in [2.05, 4.69) is 21.3 Å². The summed E-state index contributed by atoms with van der Waals surface area (Å²) in [5.41, 5.74) is 1.81. The van der Waals surface area contributed by atoms with E-state index < -0.39 is 35.9 Å². The third-order valence-corrected chi connectivity index (χ3v) is 7.66. The Morgan fingerprint density at radius 3 is 2.53 bits per heavy atom. The number of carbonyl (C=O) groups excluding carboxylic acids is 4. The Morgan fingerprint density at radius 1 is 1.02 bits per heavy atom. The van der Waals surface area contributed by atoms with Crippen molar-refractivity contribution >= 4 is 23.6 Å². The predicted octanol–water partition coefficient (Wildman–Crippen LogP) is 2.69. The largest absolute Gasteiger partial charge is 0.494 e. The average Bonchev–Trinajstić information content (AvgIpc) is 3.00. The van der Waals surface area contributed by atoms with Crippen molar-refractivity contribution in [3.8, 4) is 5.75 Å². The molecule has 0 fully saturated rings. The number of aryl methyl sites for hydroxylation is 2. The highest BCUT2D eigenvalue weighted by atomic mass is 16.5. The Morgan fingerprint density at radius 2 is 1.79 bits per heavy atom. The van der Waals surface area contributed by atoms with E-state index in [-0.39, 0.29) is 31.2 Å². The number of hydrogen-bond acceptors (Lipinski definition) is 6. The summed E-state index contributed by atoms with van der Waals surface area (Å²) in [5, 5.41) is 21.2. The number of carbonyl (C=O) groups is 4. The summed E-state index contributed by atoms with van der Waals surface area (Å²) in [6, 6.07) is 13.6. The molecule has 2 aromatic rings. The molecule has 1 aliphatic heterocycles. The minimum Gasteiger partial charge on any atom is -0.494 e. The molecular weight excluding hydrogens is 548 g/mol. The Hall–Kier alpha value is -3.92. The van der Waals surface area contributed by atoms with E-state index in [0.717, 1.165) is 29.5 Å². The number of rotatable bonds is 6. The molecular formula is C33H46N4O6. The van der Waals surface area contributed by atoms with Gasteiger partial charge >= 0.3 is 0 Å². The Kier molecular flexibility index (Phi) is 13.0. The fourth-order valence-electron chi connectivity index (χ4n) is 4.62. The van der Waals surface area contributed by atoms with Gasteiger partial charge in [0, 0.05) is 19.5 Å². The molecule has 5 N–H and O–H groups in total. The van der Waals surface area contributed by atoms with Crippen molar-refractivity contribution in [1.29, 1.82) is 0 Å². The normalized spacial score (nSPS) is 19.7. The van der Waals surface area contributed by atoms with Gasteiger partial charge < -0.3 is 31.1 Å². The van der Waals surface area contributed by atoms with E-state index in [1.54, 1.807) is 13.8 Å². The number of hydrogen-bond donors (Lipinski definition) is 5. The third-order valence-electron chi connectivity index (χ3n) is 7.66. The minimum atomic E-state index is -1.11. The standard InChI is InChI=1S/C33H46N4O6/c1-23-14-16-26-20-25(23)21-35-30(40)28(17-15-24-10-5-4-6-11-24)36-31(41)27(37-32(42)33(2,3)22-38)12-9-13-29(39)34-18-7-8-19-43-26/h4-6,10-11,14,16,20,27-28,38H,7-9,12-13,15,17-19,21-22H2,1-3H3,(H,34,39)(H,35,40)(H,36,41)(H,37,42)/t27-,28-/m0/s1. The molecule has 0 aromatic heterocycles. The van der Waals surface area contributed by atoms with E-state index >= 15 is 0 Å². The minimum absolute atomic E-state index is 0.139. The smallest absolute Gasteiger partial charge is 0.243 e. The first-order valence-electron chi connectivity index (χ1n) is 15.1. The van der Waals surface area contributed by atoms with Gasteiger partial charge in [0.15, 0.2) is 0 Å². The van der Waals surface area contributed by atoms with Crippen molar-refractivity contribution in [2.75, 3.05) is 19.8 Å². The quantitative estimate of drug-likeness (QED) is 0.348. The molecule has 0 saturated heterocycles. The lowest BCUT2D eigenvalue weighted by molar-refractivity contribution is -0.136. The van der Waals surface area contributed by atoms with Crippen LogP contribution in [0.3, 0.4) is 0 Å². The van der Waals surface area contributed by atoms with Crippen LogP contribution in [0.2, 0.25) is 0 Å². The molecule has 2 bridgehead atoms. The summed E-state index contributed by atoms with van der Waals surface area (Å²) in [6.07, 6.45) is 3.14. The maximum atomic E-state index is 13.6. The first-order valence-corrected chi connectivity index (χ1v) is 15.1. The predicted molar refractivity (Wildman–Crippen MR) is 164 cm³/mol. The Labute approximate surface area is 254 Å². The zero-order chi connectivity index (χ0) is 31.2. The molecule has 1 heterocycles. The summed E-state index contributed by atoms with van der Waals surface area (Å²) >= 11 is 0. The van der Waals surface area contributed by atoms with Crippen molar-refractivity contribution in [2.45, 2.75) is 84.3 Å². The van der Waals surface area contributed by atoms with E-state index in [1.807, 2.05) is 55.5 Å². The van der Waals surface area contributed by atoms with Crippen LogP contribution in [0.1, 0.15) is 69.1 Å². The number of ether oxygens (including phenoxy) is 1. The van der Waals surface area contributed by atoms with Crippen molar-refractivity contribution < 1.29 is 29.0 Å². The summed E-state index contributed by atoms with van der Waals surface area (Å²) in [6.45, 7) is 6.00. The van der Waals surface area contributed by atoms with Gasteiger partial charge in [0.1, 0.15) is 17.8 Å². The topological polar surface area (TPSA) is 146 Å². The molecule has 43 heavy (non-hydrogen) atoms. The van der Waals surface area contributed by atoms with E-state index in [0.29, 0.717) is 38.2 Å². The van der Waals surface area contributed by atoms with Gasteiger partial charge in [0.05, 0.1) is 18.6 Å². The second kappa shape index (κ2) is 16.6. The van der Waals surface area contributed by atoms with Crippen molar-refractivity contribution in [3.05, 3.63) is 65.2 Å². The first-order chi connectivity index (χ1) is 20.6. The summed E-state index contributed by atoms with van der Waals surface area (Å²) < 4.78 is 5.90. The van der Waals surface area contributed by atoms with Gasteiger partial charge in [0.25, 0.3) is 0 Å². The number of aliphatic hydroxyl groups is 1. The van der Waals surface area contributed by atoms with Gasteiger partial charge in [-0.15, -0.1) is 0 Å². The average molecular weight is 595 g/mol. The molecule has 0 aliphatic carbocycles. The van der Waals surface area contributed by atoms with Gasteiger partial charge in [-0.3, -0.25) is 19.2 Å². The van der Waals surface area contributed by atoms with E-state index in [1.165, 1.54) is 0 Å². The zero-order valence-electron chi connectivity index (χ0n) is 25.5. The molecule has 0 saturated carbocycles. The van der Waals surface area contributed by atoms with Gasteiger partial charge in [-0.25, -0.2) is 0 Å². The van der Waals surface area contributed by atoms with Crippen LogP contribution in [-0.4, -0.2) is 60.6 Å². The van der Waals surface area contributed by atoms with Crippen LogP contribution < -0.4 is 26.0 Å². The van der Waals surface area contributed by atoms with Gasteiger partial charge in [0.2, 0.25) is 23.6 Å². The molecule has 2 aromatic carbocycles. The van der Waals surface area contributed by atoms with E-state index in [9.17, 15) is 24.3 Å². The highest BCUT2D eigenvalue weighted by Crippen LogP contribution is 2.19. The van der Waals surface area contributed by atoms with Crippen LogP contribution in [-0.2, 0) is 32.1 Å². The van der Waals surface area contributed by atoms with Crippen LogP contribution in [0.4, 0.5) is 0 Å². The number of nitrogens with one attached hydrogen (secondary N) is 4. The molecule has 0 unspecified atom stereocenters. The van der Waals surface area contributed by atoms with Crippen molar-refractivity contribution in [2.24, 2.45) is 5.41 Å². The van der Waals surface area contributed by atoms with Crippen molar-refractivity contribution in [3.63, 3.8) is 0 Å². The van der Waals surface area contributed by atoms with E-state index in [4.69, 9.17) is 4.74 Å². The molecule has 1 aliphatic rings. The lowest BCUT2D eigenvalue weighted by atomic mass is 9.93. The highest BCUT2D eigenvalue weighted by Gasteiger charge is 2.32.